The number of allylic oxidation sites excluding steroid dienone is 4. The molecule has 0 saturated heterocycles. The molecule has 0 aliphatic heterocycles. The van der Waals surface area contributed by atoms with E-state index < -0.39 is 0 Å². The van der Waals surface area contributed by atoms with E-state index in [0.29, 0.717) is 5.92 Å². The standard InChI is InChI=1S/C15H15I/c1-15(2)13-6-4-3-5-11(13)12-8-7-10(16)9-14(12)15/h3-7,9,12H,8H2,1-2H3. The van der Waals surface area contributed by atoms with Gasteiger partial charge in [-0.3, -0.25) is 0 Å². The van der Waals surface area contributed by atoms with Crippen LogP contribution >= 0.6 is 22.6 Å². The van der Waals surface area contributed by atoms with Crippen LogP contribution in [0.1, 0.15) is 37.3 Å². The number of benzene rings is 1. The van der Waals surface area contributed by atoms with Crippen molar-refractivity contribution in [3.8, 4) is 0 Å². The van der Waals surface area contributed by atoms with Crippen molar-refractivity contribution < 1.29 is 0 Å². The zero-order valence-corrected chi connectivity index (χ0v) is 11.8. The Morgan fingerprint density at radius 3 is 2.81 bits per heavy atom. The number of hydrogen-bond donors (Lipinski definition) is 0. The van der Waals surface area contributed by atoms with E-state index in [9.17, 15) is 0 Å². The summed E-state index contributed by atoms with van der Waals surface area (Å²) in [6.45, 7) is 4.71. The van der Waals surface area contributed by atoms with Crippen molar-refractivity contribution in [3.05, 3.63) is 56.7 Å². The van der Waals surface area contributed by atoms with E-state index in [4.69, 9.17) is 0 Å². The zero-order valence-electron chi connectivity index (χ0n) is 9.63. The minimum Gasteiger partial charge on any atom is -0.0702 e. The highest BCUT2D eigenvalue weighted by Crippen LogP contribution is 2.53. The second-order valence-corrected chi connectivity index (χ2v) is 6.43. The van der Waals surface area contributed by atoms with Crippen molar-refractivity contribution in [1.29, 1.82) is 0 Å². The van der Waals surface area contributed by atoms with Gasteiger partial charge in [-0.2, -0.15) is 0 Å². The third kappa shape index (κ3) is 1.33. The van der Waals surface area contributed by atoms with E-state index >= 15 is 0 Å². The highest BCUT2D eigenvalue weighted by Gasteiger charge is 2.41. The van der Waals surface area contributed by atoms with Crippen LogP contribution in [0.2, 0.25) is 0 Å². The number of rotatable bonds is 0. The molecule has 1 unspecified atom stereocenters. The van der Waals surface area contributed by atoms with Crippen LogP contribution in [0.5, 0.6) is 0 Å². The smallest absolute Gasteiger partial charge is 0.0118 e. The molecule has 0 fully saturated rings. The summed E-state index contributed by atoms with van der Waals surface area (Å²) in [7, 11) is 0. The van der Waals surface area contributed by atoms with Gasteiger partial charge in [-0.25, -0.2) is 0 Å². The van der Waals surface area contributed by atoms with Gasteiger partial charge < -0.3 is 0 Å². The molecule has 3 rings (SSSR count). The van der Waals surface area contributed by atoms with E-state index in [-0.39, 0.29) is 5.41 Å². The fraction of sp³-hybridized carbons (Fsp3) is 0.333. The lowest BCUT2D eigenvalue weighted by Crippen LogP contribution is -2.17. The van der Waals surface area contributed by atoms with E-state index in [1.54, 1.807) is 11.1 Å². The predicted molar refractivity (Wildman–Crippen MR) is 77.0 cm³/mol. The Kier molecular flexibility index (Phi) is 2.29. The van der Waals surface area contributed by atoms with Gasteiger partial charge in [-0.15, -0.1) is 0 Å². The van der Waals surface area contributed by atoms with Crippen LogP contribution in [0.15, 0.2) is 45.6 Å². The molecule has 0 amide bonds. The third-order valence-corrected chi connectivity index (χ3v) is 4.70. The predicted octanol–water partition coefficient (Wildman–Crippen LogP) is 4.71. The summed E-state index contributed by atoms with van der Waals surface area (Å²) < 4.78 is 1.39. The molecule has 82 valence electrons. The van der Waals surface area contributed by atoms with Crippen LogP contribution in [0.4, 0.5) is 0 Å². The van der Waals surface area contributed by atoms with Gasteiger partial charge in [0, 0.05) is 14.9 Å². The first kappa shape index (κ1) is 10.6. The molecule has 2 aliphatic rings. The molecule has 0 N–H and O–H groups in total. The largest absolute Gasteiger partial charge is 0.0702 e. The van der Waals surface area contributed by atoms with Crippen LogP contribution in [0.3, 0.4) is 0 Å². The van der Waals surface area contributed by atoms with Crippen molar-refractivity contribution in [2.45, 2.75) is 31.6 Å². The molecule has 0 saturated carbocycles. The van der Waals surface area contributed by atoms with Gasteiger partial charge in [-0.05, 0) is 46.2 Å². The van der Waals surface area contributed by atoms with Gasteiger partial charge in [-0.1, -0.05) is 49.8 Å². The maximum atomic E-state index is 2.43. The first-order chi connectivity index (χ1) is 7.60. The Balaban J connectivity index is 2.23. The van der Waals surface area contributed by atoms with Crippen LogP contribution in [-0.2, 0) is 5.41 Å². The minimum atomic E-state index is 0.214. The van der Waals surface area contributed by atoms with Crippen molar-refractivity contribution in [2.75, 3.05) is 0 Å². The van der Waals surface area contributed by atoms with E-state index in [1.807, 2.05) is 0 Å². The lowest BCUT2D eigenvalue weighted by atomic mass is 9.79. The van der Waals surface area contributed by atoms with Crippen LogP contribution in [0.25, 0.3) is 0 Å². The maximum Gasteiger partial charge on any atom is 0.0118 e. The van der Waals surface area contributed by atoms with Gasteiger partial charge in [0.1, 0.15) is 0 Å². The van der Waals surface area contributed by atoms with E-state index in [0.717, 1.165) is 0 Å². The molecule has 0 aromatic heterocycles. The van der Waals surface area contributed by atoms with Gasteiger partial charge >= 0.3 is 0 Å². The quantitative estimate of drug-likeness (QED) is 0.607. The Hall–Kier alpha value is -0.570. The molecule has 0 radical (unpaired) electrons. The van der Waals surface area contributed by atoms with Crippen molar-refractivity contribution in [2.24, 2.45) is 0 Å². The van der Waals surface area contributed by atoms with Crippen molar-refractivity contribution in [1.82, 2.24) is 0 Å². The molecule has 1 aromatic carbocycles. The first-order valence-electron chi connectivity index (χ1n) is 5.78. The zero-order chi connectivity index (χ0) is 11.3. The summed E-state index contributed by atoms with van der Waals surface area (Å²) in [4.78, 5) is 0. The van der Waals surface area contributed by atoms with E-state index in [2.05, 4.69) is 72.9 Å². The Bertz CT molecular complexity index is 506. The summed E-state index contributed by atoms with van der Waals surface area (Å²) >= 11 is 2.43. The second-order valence-electron chi connectivity index (χ2n) is 5.19. The molecule has 0 spiro atoms. The SMILES string of the molecule is CC1(C)C2=CC(I)=CCC2c2ccccc21. The van der Waals surface area contributed by atoms with Gasteiger partial charge in [0.15, 0.2) is 0 Å². The van der Waals surface area contributed by atoms with Gasteiger partial charge in [0.25, 0.3) is 0 Å². The van der Waals surface area contributed by atoms with Crippen LogP contribution in [0, 0.1) is 0 Å². The molecule has 0 nitrogen and oxygen atoms in total. The number of halogens is 1. The van der Waals surface area contributed by atoms with Crippen LogP contribution < -0.4 is 0 Å². The molecule has 16 heavy (non-hydrogen) atoms. The Labute approximate surface area is 111 Å². The number of hydrogen-bond acceptors (Lipinski definition) is 0. The second kappa shape index (κ2) is 3.46. The Morgan fingerprint density at radius 1 is 1.25 bits per heavy atom. The topological polar surface area (TPSA) is 0 Å². The summed E-state index contributed by atoms with van der Waals surface area (Å²) in [6.07, 6.45) is 5.91. The maximum absolute atomic E-state index is 2.43. The van der Waals surface area contributed by atoms with Gasteiger partial charge in [0.2, 0.25) is 0 Å². The molecule has 1 atom stereocenters. The van der Waals surface area contributed by atoms with Crippen molar-refractivity contribution >= 4 is 22.6 Å². The minimum absolute atomic E-state index is 0.214. The van der Waals surface area contributed by atoms with Crippen LogP contribution in [-0.4, -0.2) is 0 Å². The molecule has 1 aromatic rings. The summed E-state index contributed by atoms with van der Waals surface area (Å²) in [5.41, 5.74) is 4.87. The fourth-order valence-electron chi connectivity index (χ4n) is 3.10. The highest BCUT2D eigenvalue weighted by molar-refractivity contribution is 14.1. The molecule has 2 aliphatic carbocycles. The van der Waals surface area contributed by atoms with E-state index in [1.165, 1.54) is 15.6 Å². The third-order valence-electron chi connectivity index (χ3n) is 3.95. The fourth-order valence-corrected chi connectivity index (χ4v) is 3.69. The molecular formula is C15H15I. The Morgan fingerprint density at radius 2 is 2.00 bits per heavy atom. The average Bonchev–Trinajstić information content (AvgIpc) is 2.49. The average molecular weight is 322 g/mol. The summed E-state index contributed by atoms with van der Waals surface area (Å²) in [5, 5.41) is 0. The lowest BCUT2D eigenvalue weighted by Gasteiger charge is -2.26. The molecular weight excluding hydrogens is 307 g/mol. The first-order valence-corrected chi connectivity index (χ1v) is 6.85. The monoisotopic (exact) mass is 322 g/mol. The molecule has 0 heterocycles. The lowest BCUT2D eigenvalue weighted by molar-refractivity contribution is 0.612. The molecule has 0 bridgehead atoms. The highest BCUT2D eigenvalue weighted by atomic mass is 127. The molecule has 1 heteroatoms. The normalized spacial score (nSPS) is 25.6. The summed E-state index contributed by atoms with van der Waals surface area (Å²) in [5.74, 6) is 0.629. The summed E-state index contributed by atoms with van der Waals surface area (Å²) in [6, 6.07) is 8.92. The number of fused-ring (bicyclic) bond motifs is 3. The van der Waals surface area contributed by atoms with Gasteiger partial charge in [0.05, 0.1) is 0 Å². The van der Waals surface area contributed by atoms with Crippen molar-refractivity contribution in [3.63, 3.8) is 0 Å².